The zero-order valence-electron chi connectivity index (χ0n) is 11.0. The number of aromatic nitrogens is 2. The third-order valence-electron chi connectivity index (χ3n) is 3.66. The molecular weight excluding hydrogens is 240 g/mol. The predicted octanol–water partition coefficient (Wildman–Crippen LogP) is 1.48. The van der Waals surface area contributed by atoms with Gasteiger partial charge in [-0.3, -0.25) is 4.90 Å². The maximum Gasteiger partial charge on any atom is 0.240 e. The van der Waals surface area contributed by atoms with Crippen LogP contribution in [-0.2, 0) is 26.1 Å². The van der Waals surface area contributed by atoms with Crippen LogP contribution in [0.5, 0.6) is 0 Å². The van der Waals surface area contributed by atoms with E-state index in [1.54, 1.807) is 0 Å². The van der Waals surface area contributed by atoms with Crippen molar-refractivity contribution in [1.82, 2.24) is 15.0 Å². The van der Waals surface area contributed by atoms with Crippen LogP contribution in [0, 0.1) is 0 Å². The molecule has 1 aromatic heterocycles. The summed E-state index contributed by atoms with van der Waals surface area (Å²) in [6.45, 7) is 4.17. The van der Waals surface area contributed by atoms with Crippen molar-refractivity contribution in [3.63, 3.8) is 0 Å². The fraction of sp³-hybridized carbons (Fsp3) is 0.429. The van der Waals surface area contributed by atoms with Crippen LogP contribution in [0.4, 0.5) is 0 Å². The highest BCUT2D eigenvalue weighted by Crippen LogP contribution is 2.24. The van der Waals surface area contributed by atoms with E-state index in [-0.39, 0.29) is 0 Å². The van der Waals surface area contributed by atoms with Crippen molar-refractivity contribution in [3.05, 3.63) is 47.1 Å². The van der Waals surface area contributed by atoms with Gasteiger partial charge in [-0.1, -0.05) is 29.4 Å². The van der Waals surface area contributed by atoms with E-state index in [1.807, 2.05) is 0 Å². The van der Waals surface area contributed by atoms with Crippen molar-refractivity contribution >= 4 is 0 Å². The molecule has 0 saturated heterocycles. The Morgan fingerprint density at radius 3 is 2.89 bits per heavy atom. The van der Waals surface area contributed by atoms with Crippen LogP contribution in [0.15, 0.2) is 28.8 Å². The lowest BCUT2D eigenvalue weighted by Crippen LogP contribution is -2.38. The van der Waals surface area contributed by atoms with E-state index in [9.17, 15) is 0 Å². The second kappa shape index (κ2) is 5.11. The molecule has 1 aliphatic rings. The van der Waals surface area contributed by atoms with Crippen LogP contribution < -0.4 is 5.73 Å². The van der Waals surface area contributed by atoms with E-state index in [0.29, 0.717) is 30.8 Å². The van der Waals surface area contributed by atoms with Gasteiger partial charge in [-0.25, -0.2) is 0 Å². The van der Waals surface area contributed by atoms with Crippen molar-refractivity contribution in [2.24, 2.45) is 5.73 Å². The first-order chi connectivity index (χ1) is 9.26. The number of hydrogen-bond donors (Lipinski definition) is 1. The van der Waals surface area contributed by atoms with Gasteiger partial charge in [0.05, 0.1) is 13.1 Å². The molecule has 19 heavy (non-hydrogen) atoms. The number of hydrogen-bond acceptors (Lipinski definition) is 5. The minimum absolute atomic E-state index is 0.297. The number of benzene rings is 1. The molecule has 2 heterocycles. The predicted molar refractivity (Wildman–Crippen MR) is 71.0 cm³/mol. The topological polar surface area (TPSA) is 68.2 Å². The zero-order chi connectivity index (χ0) is 13.2. The molecule has 0 radical (unpaired) electrons. The minimum Gasteiger partial charge on any atom is -0.338 e. The molecule has 0 aliphatic carbocycles. The number of nitrogens with zero attached hydrogens (tertiary/aromatic N) is 3. The van der Waals surface area contributed by atoms with E-state index in [2.05, 4.69) is 46.2 Å². The lowest BCUT2D eigenvalue weighted by Gasteiger charge is -2.33. The van der Waals surface area contributed by atoms with Gasteiger partial charge in [-0.15, -0.1) is 0 Å². The van der Waals surface area contributed by atoms with E-state index in [0.717, 1.165) is 13.0 Å². The van der Waals surface area contributed by atoms with Gasteiger partial charge in [0.15, 0.2) is 5.82 Å². The lowest BCUT2D eigenvalue weighted by molar-refractivity contribution is 0.169. The maximum atomic E-state index is 5.48. The van der Waals surface area contributed by atoms with E-state index >= 15 is 0 Å². The average molecular weight is 258 g/mol. The smallest absolute Gasteiger partial charge is 0.240 e. The molecule has 1 unspecified atom stereocenters. The summed E-state index contributed by atoms with van der Waals surface area (Å²) < 4.78 is 5.05. The fourth-order valence-corrected chi connectivity index (χ4v) is 2.56. The Bertz CT molecular complexity index is 566. The Labute approximate surface area is 112 Å². The highest BCUT2D eigenvalue weighted by Gasteiger charge is 2.23. The van der Waals surface area contributed by atoms with Gasteiger partial charge in [0, 0.05) is 12.6 Å². The molecule has 0 spiro atoms. The number of fused-ring (bicyclic) bond motifs is 1. The molecular formula is C14H18N4O. The second-order valence-corrected chi connectivity index (χ2v) is 5.04. The van der Waals surface area contributed by atoms with Crippen LogP contribution >= 0.6 is 0 Å². The molecule has 0 amide bonds. The number of rotatable bonds is 3. The van der Waals surface area contributed by atoms with Crippen molar-refractivity contribution in [3.8, 4) is 0 Å². The monoisotopic (exact) mass is 258 g/mol. The van der Waals surface area contributed by atoms with Gasteiger partial charge in [0.1, 0.15) is 0 Å². The molecule has 1 aromatic carbocycles. The Hall–Kier alpha value is -1.72. The summed E-state index contributed by atoms with van der Waals surface area (Å²) in [4.78, 5) is 6.64. The zero-order valence-corrected chi connectivity index (χ0v) is 11.0. The largest absolute Gasteiger partial charge is 0.338 e. The molecule has 2 N–H and O–H groups in total. The van der Waals surface area contributed by atoms with E-state index in [4.69, 9.17) is 10.3 Å². The van der Waals surface area contributed by atoms with Gasteiger partial charge < -0.3 is 10.3 Å². The summed E-state index contributed by atoms with van der Waals surface area (Å²) >= 11 is 0. The molecule has 5 heteroatoms. The van der Waals surface area contributed by atoms with Gasteiger partial charge >= 0.3 is 0 Å². The maximum absolute atomic E-state index is 5.48. The first-order valence-corrected chi connectivity index (χ1v) is 6.58. The summed E-state index contributed by atoms with van der Waals surface area (Å²) in [5, 5.41) is 3.96. The SMILES string of the molecule is CC1Cc2ccccc2CN1Cc1noc(CN)n1. The summed E-state index contributed by atoms with van der Waals surface area (Å²) in [6, 6.07) is 9.08. The highest BCUT2D eigenvalue weighted by atomic mass is 16.5. The van der Waals surface area contributed by atoms with Crippen molar-refractivity contribution in [2.75, 3.05) is 0 Å². The fourth-order valence-electron chi connectivity index (χ4n) is 2.56. The third-order valence-corrected chi connectivity index (χ3v) is 3.66. The Kier molecular flexibility index (Phi) is 3.31. The van der Waals surface area contributed by atoms with Crippen molar-refractivity contribution in [1.29, 1.82) is 0 Å². The first kappa shape index (κ1) is 12.3. The highest BCUT2D eigenvalue weighted by molar-refractivity contribution is 5.29. The minimum atomic E-state index is 0.297. The molecule has 0 saturated carbocycles. The molecule has 1 atom stereocenters. The van der Waals surface area contributed by atoms with Crippen LogP contribution in [0.25, 0.3) is 0 Å². The number of nitrogens with two attached hydrogens (primary N) is 1. The van der Waals surface area contributed by atoms with Gasteiger partial charge in [0.2, 0.25) is 5.89 Å². The third kappa shape index (κ3) is 2.52. The molecule has 0 fully saturated rings. The molecule has 100 valence electrons. The first-order valence-electron chi connectivity index (χ1n) is 6.58. The van der Waals surface area contributed by atoms with Gasteiger partial charge in [-0.2, -0.15) is 4.98 Å². The molecule has 2 aromatic rings. The van der Waals surface area contributed by atoms with E-state index < -0.39 is 0 Å². The summed E-state index contributed by atoms with van der Waals surface area (Å²) in [6.07, 6.45) is 1.07. The summed E-state index contributed by atoms with van der Waals surface area (Å²) in [7, 11) is 0. The van der Waals surface area contributed by atoms with Crippen LogP contribution in [-0.4, -0.2) is 21.1 Å². The normalized spacial score (nSPS) is 19.4. The Morgan fingerprint density at radius 1 is 1.37 bits per heavy atom. The Morgan fingerprint density at radius 2 is 2.16 bits per heavy atom. The lowest BCUT2D eigenvalue weighted by atomic mass is 9.95. The molecule has 3 rings (SSSR count). The van der Waals surface area contributed by atoms with Crippen molar-refractivity contribution < 1.29 is 4.52 Å². The van der Waals surface area contributed by atoms with Gasteiger partial charge in [0.25, 0.3) is 0 Å². The molecule has 1 aliphatic heterocycles. The van der Waals surface area contributed by atoms with Crippen LogP contribution in [0.2, 0.25) is 0 Å². The Balaban J connectivity index is 1.75. The quantitative estimate of drug-likeness (QED) is 0.903. The second-order valence-electron chi connectivity index (χ2n) is 5.04. The molecule has 0 bridgehead atoms. The van der Waals surface area contributed by atoms with Crippen molar-refractivity contribution in [2.45, 2.75) is 39.0 Å². The van der Waals surface area contributed by atoms with Crippen LogP contribution in [0.3, 0.4) is 0 Å². The molecule has 5 nitrogen and oxygen atoms in total. The van der Waals surface area contributed by atoms with E-state index in [1.165, 1.54) is 11.1 Å². The summed E-state index contributed by atoms with van der Waals surface area (Å²) in [5.41, 5.74) is 8.32. The standard InChI is InChI=1S/C14H18N4O/c1-10-6-11-4-2-3-5-12(11)8-18(10)9-13-16-14(7-15)19-17-13/h2-5,10H,6-9,15H2,1H3. The average Bonchev–Trinajstić information content (AvgIpc) is 2.87. The van der Waals surface area contributed by atoms with Crippen LogP contribution in [0.1, 0.15) is 29.8 Å². The van der Waals surface area contributed by atoms with Gasteiger partial charge in [-0.05, 0) is 24.5 Å². The summed E-state index contributed by atoms with van der Waals surface area (Å²) in [5.74, 6) is 1.21.